The molecule has 9 heteroatoms. The zero-order valence-corrected chi connectivity index (χ0v) is 15.5. The van der Waals surface area contributed by atoms with Crippen LogP contribution in [0.25, 0.3) is 11.5 Å². The number of aromatic amines is 1. The molecule has 0 amide bonds. The number of aryl methyl sites for hydroxylation is 2. The van der Waals surface area contributed by atoms with Crippen LogP contribution in [0.4, 0.5) is 5.69 Å². The van der Waals surface area contributed by atoms with Crippen LogP contribution < -0.4 is 5.56 Å². The van der Waals surface area contributed by atoms with Crippen molar-refractivity contribution in [2.75, 3.05) is 0 Å². The average Bonchev–Trinajstić information content (AvgIpc) is 3.20. The minimum absolute atomic E-state index is 0.00677. The number of benzene rings is 1. The molecule has 0 radical (unpaired) electrons. The maximum atomic E-state index is 12.8. The van der Waals surface area contributed by atoms with Gasteiger partial charge in [-0.15, -0.1) is 15.3 Å². The summed E-state index contributed by atoms with van der Waals surface area (Å²) in [4.78, 5) is 28.5. The predicted molar refractivity (Wildman–Crippen MR) is 104 cm³/mol. The number of H-pyrrole nitrogens is 1. The summed E-state index contributed by atoms with van der Waals surface area (Å²) >= 11 is 0. The molecule has 0 saturated carbocycles. The van der Waals surface area contributed by atoms with Crippen molar-refractivity contribution in [1.29, 1.82) is 0 Å². The molecule has 4 rings (SSSR count). The van der Waals surface area contributed by atoms with Gasteiger partial charge < -0.3 is 0 Å². The van der Waals surface area contributed by atoms with E-state index in [2.05, 4.69) is 25.4 Å². The van der Waals surface area contributed by atoms with E-state index in [9.17, 15) is 9.59 Å². The first kappa shape index (κ1) is 17.5. The Kier molecular flexibility index (Phi) is 4.19. The first-order chi connectivity index (χ1) is 13.4. The predicted octanol–water partition coefficient (Wildman–Crippen LogP) is 2.17. The molecule has 28 heavy (non-hydrogen) atoms. The molecule has 9 nitrogen and oxygen atoms in total. The van der Waals surface area contributed by atoms with Crippen molar-refractivity contribution in [3.05, 3.63) is 69.4 Å². The first-order valence-corrected chi connectivity index (χ1v) is 8.60. The molecule has 0 bridgehead atoms. The monoisotopic (exact) mass is 375 g/mol. The van der Waals surface area contributed by atoms with Crippen LogP contribution in [0.2, 0.25) is 0 Å². The molecule has 4 aromatic rings. The number of hydrogen-bond donors (Lipinski definition) is 1. The molecule has 0 fully saturated rings. The Hall–Kier alpha value is -3.88. The molecular formula is C19H17N7O2. The third-order valence-corrected chi connectivity index (χ3v) is 4.37. The van der Waals surface area contributed by atoms with Crippen LogP contribution in [-0.4, -0.2) is 41.6 Å². The maximum Gasteiger partial charge on any atom is 0.281 e. The normalized spacial score (nSPS) is 11.5. The van der Waals surface area contributed by atoms with E-state index < -0.39 is 0 Å². The maximum absolute atomic E-state index is 12.8. The minimum Gasteiger partial charge on any atom is -0.295 e. The summed E-state index contributed by atoms with van der Waals surface area (Å²) in [5, 5.41) is 15.4. The van der Waals surface area contributed by atoms with Crippen LogP contribution in [0.1, 0.15) is 34.4 Å². The Bertz CT molecular complexity index is 1280. The lowest BCUT2D eigenvalue weighted by Crippen LogP contribution is -2.19. The number of carbonyl (C=O) groups is 1. The Morgan fingerprint density at radius 2 is 1.86 bits per heavy atom. The fourth-order valence-corrected chi connectivity index (χ4v) is 2.80. The highest BCUT2D eigenvalue weighted by Crippen LogP contribution is 2.14. The molecule has 0 aliphatic heterocycles. The molecule has 0 spiro atoms. The summed E-state index contributed by atoms with van der Waals surface area (Å²) in [5.41, 5.74) is 2.70. The van der Waals surface area contributed by atoms with Crippen LogP contribution in [0.5, 0.6) is 0 Å². The SMILES string of the molecule is CC(=O)c1ccc(N=Cc2c(C)[nH]n(-c3ccc4nnc(C)n4n3)c2=O)cc1. The number of aliphatic imine (C=N–C) groups is 1. The molecule has 3 heterocycles. The van der Waals surface area contributed by atoms with Crippen molar-refractivity contribution in [2.24, 2.45) is 4.99 Å². The van der Waals surface area contributed by atoms with Gasteiger partial charge in [-0.2, -0.15) is 9.20 Å². The average molecular weight is 375 g/mol. The lowest BCUT2D eigenvalue weighted by Gasteiger charge is -2.01. The molecule has 0 aliphatic rings. The quantitative estimate of drug-likeness (QED) is 0.434. The highest BCUT2D eigenvalue weighted by molar-refractivity contribution is 5.94. The molecule has 0 unspecified atom stereocenters. The zero-order chi connectivity index (χ0) is 19.8. The van der Waals surface area contributed by atoms with Crippen molar-refractivity contribution in [2.45, 2.75) is 20.8 Å². The van der Waals surface area contributed by atoms with Gasteiger partial charge in [0.05, 0.1) is 11.3 Å². The molecule has 1 N–H and O–H groups in total. The molecule has 1 aromatic carbocycles. The fourth-order valence-electron chi connectivity index (χ4n) is 2.80. The van der Waals surface area contributed by atoms with Gasteiger partial charge >= 0.3 is 0 Å². The minimum atomic E-state index is -0.265. The molecule has 0 saturated heterocycles. The van der Waals surface area contributed by atoms with E-state index in [4.69, 9.17) is 0 Å². The number of fused-ring (bicyclic) bond motifs is 1. The van der Waals surface area contributed by atoms with Gasteiger partial charge in [-0.1, -0.05) is 0 Å². The third kappa shape index (κ3) is 3.02. The summed E-state index contributed by atoms with van der Waals surface area (Å²) in [6.45, 7) is 5.09. The van der Waals surface area contributed by atoms with Crippen molar-refractivity contribution in [3.63, 3.8) is 0 Å². The van der Waals surface area contributed by atoms with E-state index in [1.165, 1.54) is 17.8 Å². The van der Waals surface area contributed by atoms with Crippen LogP contribution in [-0.2, 0) is 0 Å². The largest absolute Gasteiger partial charge is 0.295 e. The number of nitrogens with zero attached hydrogens (tertiary/aromatic N) is 6. The Balaban J connectivity index is 1.69. The highest BCUT2D eigenvalue weighted by atomic mass is 16.1. The van der Waals surface area contributed by atoms with Gasteiger partial charge in [-0.3, -0.25) is 19.7 Å². The second-order valence-corrected chi connectivity index (χ2v) is 6.36. The van der Waals surface area contributed by atoms with E-state index >= 15 is 0 Å². The Morgan fingerprint density at radius 1 is 1.11 bits per heavy atom. The summed E-state index contributed by atoms with van der Waals surface area (Å²) in [7, 11) is 0. The molecule has 0 atom stereocenters. The number of hydrogen-bond acceptors (Lipinski definition) is 6. The standard InChI is InChI=1S/C19H17N7O2/c1-11-16(10-20-15-6-4-14(5-7-15)12(2)27)19(28)26(23-11)18-9-8-17-22-21-13(3)25(17)24-18/h4-10,23H,1-3H3. The number of Topliss-reactive ketones (excluding diaryl/α,β-unsaturated/α-hetero) is 1. The van der Waals surface area contributed by atoms with Crippen LogP contribution in [0, 0.1) is 13.8 Å². The van der Waals surface area contributed by atoms with Gasteiger partial charge in [-0.05, 0) is 57.2 Å². The van der Waals surface area contributed by atoms with Gasteiger partial charge in [0, 0.05) is 17.5 Å². The molecule has 140 valence electrons. The summed E-state index contributed by atoms with van der Waals surface area (Å²) in [6.07, 6.45) is 1.51. The van der Waals surface area contributed by atoms with Gasteiger partial charge in [-0.25, -0.2) is 0 Å². The van der Waals surface area contributed by atoms with Crippen LogP contribution in [0.3, 0.4) is 0 Å². The Labute approximate surface area is 159 Å². The molecular weight excluding hydrogens is 358 g/mol. The summed E-state index contributed by atoms with van der Waals surface area (Å²) in [5.74, 6) is 1.05. The second-order valence-electron chi connectivity index (χ2n) is 6.36. The topological polar surface area (TPSA) is 110 Å². The first-order valence-electron chi connectivity index (χ1n) is 8.60. The molecule has 3 aromatic heterocycles. The van der Waals surface area contributed by atoms with Crippen molar-refractivity contribution in [1.82, 2.24) is 29.6 Å². The van der Waals surface area contributed by atoms with E-state index in [1.807, 2.05) is 0 Å². The highest BCUT2D eigenvalue weighted by Gasteiger charge is 2.13. The second kappa shape index (κ2) is 6.69. The van der Waals surface area contributed by atoms with Gasteiger partial charge in [0.15, 0.2) is 23.1 Å². The fraction of sp³-hybridized carbons (Fsp3) is 0.158. The number of rotatable bonds is 4. The number of carbonyl (C=O) groups excluding carboxylic acids is 1. The van der Waals surface area contributed by atoms with Crippen LogP contribution >= 0.6 is 0 Å². The van der Waals surface area contributed by atoms with Gasteiger partial charge in [0.25, 0.3) is 5.56 Å². The molecule has 0 aliphatic carbocycles. The Morgan fingerprint density at radius 3 is 2.57 bits per heavy atom. The zero-order valence-electron chi connectivity index (χ0n) is 15.5. The smallest absolute Gasteiger partial charge is 0.281 e. The number of nitrogens with one attached hydrogen (secondary N) is 1. The number of aromatic nitrogens is 6. The van der Waals surface area contributed by atoms with Crippen molar-refractivity contribution >= 4 is 23.3 Å². The summed E-state index contributed by atoms with van der Waals surface area (Å²) < 4.78 is 2.93. The van der Waals surface area contributed by atoms with Crippen molar-refractivity contribution < 1.29 is 4.79 Å². The van der Waals surface area contributed by atoms with Crippen LogP contribution in [0.15, 0.2) is 46.2 Å². The van der Waals surface area contributed by atoms with E-state index in [0.29, 0.717) is 39.8 Å². The van der Waals surface area contributed by atoms with Gasteiger partial charge in [0.1, 0.15) is 0 Å². The lowest BCUT2D eigenvalue weighted by atomic mass is 10.1. The van der Waals surface area contributed by atoms with Gasteiger partial charge in [0.2, 0.25) is 0 Å². The summed E-state index contributed by atoms with van der Waals surface area (Å²) in [6, 6.07) is 10.3. The van der Waals surface area contributed by atoms with Crippen molar-refractivity contribution in [3.8, 4) is 5.82 Å². The van der Waals surface area contributed by atoms with E-state index in [0.717, 1.165) is 0 Å². The third-order valence-electron chi connectivity index (χ3n) is 4.37. The number of ketones is 1. The lowest BCUT2D eigenvalue weighted by molar-refractivity contribution is 0.101. The van der Waals surface area contributed by atoms with E-state index in [1.54, 1.807) is 54.8 Å². The van der Waals surface area contributed by atoms with E-state index in [-0.39, 0.29) is 11.3 Å².